The highest BCUT2D eigenvalue weighted by Gasteiger charge is 2.23. The normalized spacial score (nSPS) is 13.7. The van der Waals surface area contributed by atoms with Crippen molar-refractivity contribution in [3.05, 3.63) is 47.7 Å². The molecule has 4 heteroatoms. The van der Waals surface area contributed by atoms with Crippen LogP contribution in [0, 0.1) is 0 Å². The van der Waals surface area contributed by atoms with Gasteiger partial charge in [0.05, 0.1) is 6.10 Å². The third-order valence-corrected chi connectivity index (χ3v) is 3.37. The Morgan fingerprint density at radius 2 is 2.00 bits per heavy atom. The molecule has 0 fully saturated rings. The molecule has 1 aliphatic rings. The van der Waals surface area contributed by atoms with E-state index in [0.717, 1.165) is 30.3 Å². The third-order valence-electron chi connectivity index (χ3n) is 3.37. The molecule has 104 valence electrons. The van der Waals surface area contributed by atoms with Crippen molar-refractivity contribution in [3.63, 3.8) is 0 Å². The van der Waals surface area contributed by atoms with E-state index in [1.165, 1.54) is 11.1 Å². The summed E-state index contributed by atoms with van der Waals surface area (Å²) in [6, 6.07) is 9.96. The van der Waals surface area contributed by atoms with Crippen molar-refractivity contribution < 1.29 is 4.74 Å². The number of hydrogen-bond donors (Lipinski definition) is 1. The molecule has 0 spiro atoms. The number of hydrogen-bond acceptors (Lipinski definition) is 4. The van der Waals surface area contributed by atoms with E-state index in [9.17, 15) is 0 Å². The quantitative estimate of drug-likeness (QED) is 0.870. The van der Waals surface area contributed by atoms with Crippen LogP contribution in [0.1, 0.15) is 25.0 Å². The van der Waals surface area contributed by atoms with Crippen LogP contribution in [0.2, 0.25) is 0 Å². The lowest BCUT2D eigenvalue weighted by atomic mass is 10.1. The van der Waals surface area contributed by atoms with Gasteiger partial charge in [0, 0.05) is 25.0 Å². The van der Waals surface area contributed by atoms with Crippen LogP contribution >= 0.6 is 0 Å². The van der Waals surface area contributed by atoms with Gasteiger partial charge in [-0.15, -0.1) is 0 Å². The number of aromatic nitrogens is 1. The second-order valence-electron chi connectivity index (χ2n) is 5.38. The number of fused-ring (bicyclic) bond motifs is 1. The van der Waals surface area contributed by atoms with Gasteiger partial charge in [-0.25, -0.2) is 4.98 Å². The summed E-state index contributed by atoms with van der Waals surface area (Å²) in [6.07, 6.45) is 1.94. The molecule has 20 heavy (non-hydrogen) atoms. The molecule has 2 heterocycles. The van der Waals surface area contributed by atoms with Crippen LogP contribution in [-0.2, 0) is 13.1 Å². The number of pyridine rings is 1. The molecule has 0 saturated carbocycles. The standard InChI is InChI=1S/C16H19N3O/c1-11(2)20-15-4-3-7-18-16(15)19-9-12-5-6-14(17)8-13(12)10-19/h3-8,11H,9-10,17H2,1-2H3. The largest absolute Gasteiger partial charge is 0.487 e. The Bertz CT molecular complexity index is 625. The van der Waals surface area contributed by atoms with Crippen LogP contribution in [0.5, 0.6) is 5.75 Å². The molecule has 0 amide bonds. The first-order valence-electron chi connectivity index (χ1n) is 6.87. The van der Waals surface area contributed by atoms with Crippen molar-refractivity contribution in [2.75, 3.05) is 10.6 Å². The molecule has 0 aliphatic carbocycles. The van der Waals surface area contributed by atoms with E-state index >= 15 is 0 Å². The number of anilines is 2. The lowest BCUT2D eigenvalue weighted by Gasteiger charge is -2.21. The van der Waals surface area contributed by atoms with Gasteiger partial charge in [-0.1, -0.05) is 6.07 Å². The van der Waals surface area contributed by atoms with E-state index in [2.05, 4.69) is 16.0 Å². The average molecular weight is 269 g/mol. The van der Waals surface area contributed by atoms with E-state index in [4.69, 9.17) is 10.5 Å². The number of nitrogen functional groups attached to an aromatic ring is 1. The second kappa shape index (κ2) is 5.04. The van der Waals surface area contributed by atoms with Crippen LogP contribution < -0.4 is 15.4 Å². The molecule has 0 bridgehead atoms. The number of benzene rings is 1. The van der Waals surface area contributed by atoms with Gasteiger partial charge in [-0.3, -0.25) is 0 Å². The fourth-order valence-corrected chi connectivity index (χ4v) is 2.53. The van der Waals surface area contributed by atoms with Crippen LogP contribution in [0.25, 0.3) is 0 Å². The summed E-state index contributed by atoms with van der Waals surface area (Å²) >= 11 is 0. The predicted molar refractivity (Wildman–Crippen MR) is 80.7 cm³/mol. The minimum absolute atomic E-state index is 0.138. The highest BCUT2D eigenvalue weighted by Crippen LogP contribution is 2.33. The van der Waals surface area contributed by atoms with Crippen LogP contribution in [0.4, 0.5) is 11.5 Å². The van der Waals surface area contributed by atoms with Crippen molar-refractivity contribution in [3.8, 4) is 5.75 Å². The van der Waals surface area contributed by atoms with Gasteiger partial charge in [0.1, 0.15) is 0 Å². The van der Waals surface area contributed by atoms with Crippen molar-refractivity contribution in [2.24, 2.45) is 0 Å². The van der Waals surface area contributed by atoms with Gasteiger partial charge in [0.15, 0.2) is 11.6 Å². The van der Waals surface area contributed by atoms with Crippen LogP contribution in [-0.4, -0.2) is 11.1 Å². The Balaban J connectivity index is 1.89. The SMILES string of the molecule is CC(C)Oc1cccnc1N1Cc2ccc(N)cc2C1. The van der Waals surface area contributed by atoms with E-state index in [1.807, 2.05) is 38.1 Å². The monoisotopic (exact) mass is 269 g/mol. The van der Waals surface area contributed by atoms with Crippen LogP contribution in [0.3, 0.4) is 0 Å². The molecular weight excluding hydrogens is 250 g/mol. The van der Waals surface area contributed by atoms with Gasteiger partial charge in [-0.2, -0.15) is 0 Å². The Kier molecular flexibility index (Phi) is 3.22. The first-order valence-corrected chi connectivity index (χ1v) is 6.87. The van der Waals surface area contributed by atoms with Crippen molar-refractivity contribution in [1.29, 1.82) is 0 Å². The Morgan fingerprint density at radius 1 is 1.20 bits per heavy atom. The van der Waals surface area contributed by atoms with Crippen molar-refractivity contribution >= 4 is 11.5 Å². The lowest BCUT2D eigenvalue weighted by Crippen LogP contribution is -2.18. The first-order chi connectivity index (χ1) is 9.63. The van der Waals surface area contributed by atoms with Gasteiger partial charge < -0.3 is 15.4 Å². The molecule has 0 atom stereocenters. The Labute approximate surface area is 119 Å². The molecule has 0 unspecified atom stereocenters. The summed E-state index contributed by atoms with van der Waals surface area (Å²) in [6.45, 7) is 5.72. The van der Waals surface area contributed by atoms with E-state index < -0.39 is 0 Å². The zero-order chi connectivity index (χ0) is 14.1. The maximum absolute atomic E-state index is 5.85. The van der Waals surface area contributed by atoms with Gasteiger partial charge in [0.2, 0.25) is 0 Å². The molecule has 1 aromatic carbocycles. The van der Waals surface area contributed by atoms with Crippen LogP contribution in [0.15, 0.2) is 36.5 Å². The molecule has 0 saturated heterocycles. The predicted octanol–water partition coefficient (Wildman–Crippen LogP) is 2.97. The molecular formula is C16H19N3O. The van der Waals surface area contributed by atoms with E-state index in [0.29, 0.717) is 0 Å². The minimum Gasteiger partial charge on any atom is -0.487 e. The molecule has 0 radical (unpaired) electrons. The van der Waals surface area contributed by atoms with Gasteiger partial charge in [0.25, 0.3) is 0 Å². The van der Waals surface area contributed by atoms with Gasteiger partial charge in [-0.05, 0) is 49.2 Å². The van der Waals surface area contributed by atoms with Crippen molar-refractivity contribution in [1.82, 2.24) is 4.98 Å². The highest BCUT2D eigenvalue weighted by atomic mass is 16.5. The number of nitrogens with two attached hydrogens (primary N) is 1. The third kappa shape index (κ3) is 2.41. The van der Waals surface area contributed by atoms with E-state index in [-0.39, 0.29) is 6.10 Å². The second-order valence-corrected chi connectivity index (χ2v) is 5.38. The lowest BCUT2D eigenvalue weighted by molar-refractivity contribution is 0.242. The summed E-state index contributed by atoms with van der Waals surface area (Å²) < 4.78 is 5.85. The maximum atomic E-state index is 5.85. The first kappa shape index (κ1) is 12.8. The van der Waals surface area contributed by atoms with Gasteiger partial charge >= 0.3 is 0 Å². The number of rotatable bonds is 3. The number of ether oxygens (including phenoxy) is 1. The zero-order valence-electron chi connectivity index (χ0n) is 11.8. The molecule has 3 rings (SSSR count). The zero-order valence-corrected chi connectivity index (χ0v) is 11.8. The molecule has 4 nitrogen and oxygen atoms in total. The summed E-state index contributed by atoms with van der Waals surface area (Å²) in [5.41, 5.74) is 9.24. The fourth-order valence-electron chi connectivity index (χ4n) is 2.53. The summed E-state index contributed by atoms with van der Waals surface area (Å²) in [5, 5.41) is 0. The average Bonchev–Trinajstić information content (AvgIpc) is 2.81. The minimum atomic E-state index is 0.138. The summed E-state index contributed by atoms with van der Waals surface area (Å²) in [4.78, 5) is 6.71. The topological polar surface area (TPSA) is 51.4 Å². The Hall–Kier alpha value is -2.23. The smallest absolute Gasteiger partial charge is 0.171 e. The molecule has 1 aliphatic heterocycles. The molecule has 1 aromatic heterocycles. The highest BCUT2D eigenvalue weighted by molar-refractivity contribution is 5.57. The van der Waals surface area contributed by atoms with Crippen molar-refractivity contribution in [2.45, 2.75) is 33.0 Å². The summed E-state index contributed by atoms with van der Waals surface area (Å²) in [5.74, 6) is 1.74. The van der Waals surface area contributed by atoms with E-state index in [1.54, 1.807) is 6.20 Å². The molecule has 2 aromatic rings. The maximum Gasteiger partial charge on any atom is 0.171 e. The summed E-state index contributed by atoms with van der Waals surface area (Å²) in [7, 11) is 0. The molecule has 2 N–H and O–H groups in total. The fraction of sp³-hybridized carbons (Fsp3) is 0.312. The Morgan fingerprint density at radius 3 is 2.80 bits per heavy atom. The number of nitrogens with zero attached hydrogens (tertiary/aromatic N) is 2.